The van der Waals surface area contributed by atoms with E-state index in [4.69, 9.17) is 0 Å². The molecule has 0 aromatic heterocycles. The Morgan fingerprint density at radius 3 is 0.214 bits per heavy atom. The molecule has 84 heavy (non-hydrogen) atoms. The van der Waals surface area contributed by atoms with Crippen molar-refractivity contribution in [2.75, 3.05) is 0 Å². The van der Waals surface area contributed by atoms with E-state index in [0.29, 0.717) is 0 Å². The van der Waals surface area contributed by atoms with Gasteiger partial charge in [0.15, 0.2) is 0 Å². The fraction of sp³-hybridized carbons (Fsp3) is 0. The topological polar surface area (TPSA) is 0 Å². The summed E-state index contributed by atoms with van der Waals surface area (Å²) in [5.74, 6) is 0. The van der Waals surface area contributed by atoms with E-state index in [1.807, 2.05) is 0 Å². The van der Waals surface area contributed by atoms with Gasteiger partial charge in [-0.25, -0.2) is 0 Å². The van der Waals surface area contributed by atoms with Gasteiger partial charge in [-0.05, 0) is 345 Å². The molecule has 356 valence electrons. The molecule has 0 amide bonds. The molecule has 0 spiro atoms. The fourth-order valence-corrected chi connectivity index (χ4v) is 23.7. The fourth-order valence-electron chi connectivity index (χ4n) is 23.7. The zero-order valence-corrected chi connectivity index (χ0v) is 43.5. The highest BCUT2D eigenvalue weighted by molar-refractivity contribution is 6.75. The van der Waals surface area contributed by atoms with Crippen LogP contribution in [0.5, 0.6) is 0 Å². The molecule has 0 atom stereocenters. The Morgan fingerprint density at radius 1 is 0.0595 bits per heavy atom. The van der Waals surface area contributed by atoms with Crippen molar-refractivity contribution in [2.45, 2.75) is 0 Å². The van der Waals surface area contributed by atoms with Gasteiger partial charge < -0.3 is 0 Å². The number of fused-ring (bicyclic) bond motifs is 18. The number of benzene rings is 14. The first kappa shape index (κ1) is 34.4. The zero-order valence-electron chi connectivity index (χ0n) is 43.5. The van der Waals surface area contributed by atoms with E-state index >= 15 is 0 Å². The molecule has 33 aromatic rings. The summed E-state index contributed by atoms with van der Waals surface area (Å²) in [6, 6.07) is 50.0. The molecule has 0 aliphatic carbocycles. The van der Waals surface area contributed by atoms with Crippen molar-refractivity contribution in [3.8, 4) is 0 Å². The van der Waals surface area contributed by atoms with E-state index in [9.17, 15) is 0 Å². The first-order chi connectivity index (χ1) is 41.8. The van der Waals surface area contributed by atoms with Crippen LogP contribution in [-0.2, 0) is 0 Å². The molecule has 0 bridgehead atoms. The summed E-state index contributed by atoms with van der Waals surface area (Å²) in [5, 5.41) is 96.7. The van der Waals surface area contributed by atoms with Crippen molar-refractivity contribution in [3.05, 3.63) is 121 Å². The predicted octanol–water partition coefficient (Wildman–Crippen LogP) is 24.5. The number of hydrogen-bond acceptors (Lipinski definition) is 0. The largest absolute Gasteiger partial charge is 0.0531 e. The Kier molecular flexibility index (Phi) is 3.69. The highest BCUT2D eigenvalue weighted by Crippen LogP contribution is 2.72. The van der Waals surface area contributed by atoms with E-state index in [-0.39, 0.29) is 0 Å². The molecule has 33 rings (SSSR count). The van der Waals surface area contributed by atoms with Gasteiger partial charge in [-0.1, -0.05) is 121 Å². The van der Waals surface area contributed by atoms with Crippen LogP contribution in [0.2, 0.25) is 0 Å². The van der Waals surface area contributed by atoms with Crippen LogP contribution >= 0.6 is 0 Å². The minimum absolute atomic E-state index is 1.44. The average Bonchev–Trinajstić information content (AvgIpc) is 0.615. The van der Waals surface area contributed by atoms with Crippen LogP contribution in [0.3, 0.4) is 0 Å². The molecule has 0 aliphatic rings. The Labute approximate surface area is 463 Å². The third-order valence-electron chi connectivity index (χ3n) is 26.4. The summed E-state index contributed by atoms with van der Waals surface area (Å²) < 4.78 is 0. The van der Waals surface area contributed by atoms with Gasteiger partial charge in [-0.2, -0.15) is 0 Å². The molecule has 33 aromatic carbocycles. The van der Waals surface area contributed by atoms with E-state index in [1.54, 1.807) is 86.2 Å². The van der Waals surface area contributed by atoms with E-state index in [1.165, 1.54) is 259 Å². The monoisotopic (exact) mass is 1030 g/mol. The third kappa shape index (κ3) is 2.38. The average molecular weight is 1030 g/mol. The normalized spacial score (nSPS) is 15.6. The third-order valence-corrected chi connectivity index (χ3v) is 26.4. The van der Waals surface area contributed by atoms with Crippen molar-refractivity contribution in [1.29, 1.82) is 0 Å². The molecular weight excluding hydrogens is 1010 g/mol. The smallest absolute Gasteiger partial charge is 0.000000761 e. The molecule has 0 N–H and O–H groups in total. The summed E-state index contributed by atoms with van der Waals surface area (Å²) in [6.45, 7) is 0. The molecule has 0 aliphatic heterocycles. The first-order valence-electron chi connectivity index (χ1n) is 30.6. The van der Waals surface area contributed by atoms with Crippen LogP contribution in [0.1, 0.15) is 0 Å². The van der Waals surface area contributed by atoms with Crippen LogP contribution in [0.25, 0.3) is 345 Å². The number of hydrogen-bond donors (Lipinski definition) is 0. The molecule has 0 saturated heterocycles. The molecule has 0 heterocycles. The van der Waals surface area contributed by atoms with Crippen molar-refractivity contribution in [2.24, 2.45) is 0 Å². The van der Waals surface area contributed by atoms with Crippen molar-refractivity contribution >= 4 is 345 Å². The van der Waals surface area contributed by atoms with Crippen LogP contribution in [0.15, 0.2) is 121 Å². The lowest BCUT2D eigenvalue weighted by Crippen LogP contribution is -2.08. The lowest BCUT2D eigenvalue weighted by Gasteiger charge is -2.37. The van der Waals surface area contributed by atoms with Gasteiger partial charge >= 0.3 is 0 Å². The van der Waals surface area contributed by atoms with Gasteiger partial charge in [0.05, 0.1) is 0 Å². The number of rotatable bonds is 0. The lowest BCUT2D eigenvalue weighted by atomic mass is 9.65. The standard InChI is InChI=1S/C84H20/c1-5-25-29-9-13-33-53-49(29)45(25)41-21(1)22-2-6-26-30-10-14-34-54(50(30)46(26)42(22)41)70-58(34)62-38-19-20-40-64-60-36-16-12-32-28-8-4-24-23-3-7-27-31-11-15-35-55-51(31)47(27)43(23)44(24)48(28)52(32)56(36)72(60)80-79-71(55)59(35)63-39-18-17-37-61-57(33)69(53)77-78(70)82-74(62)66(38)68(40)76(64)84(80)83(79)75(63)67(39)65(37)73(61)81(77)82/h1-20H. The lowest BCUT2D eigenvalue weighted by molar-refractivity contribution is 1.84. The quantitative estimate of drug-likeness (QED) is 0.142. The van der Waals surface area contributed by atoms with Crippen molar-refractivity contribution in [1.82, 2.24) is 0 Å². The molecule has 0 nitrogen and oxygen atoms in total. The van der Waals surface area contributed by atoms with E-state index < -0.39 is 0 Å². The predicted molar refractivity (Wildman–Crippen MR) is 366 cm³/mol. The van der Waals surface area contributed by atoms with Gasteiger partial charge in [0.25, 0.3) is 0 Å². The van der Waals surface area contributed by atoms with E-state index in [2.05, 4.69) is 121 Å². The van der Waals surface area contributed by atoms with Gasteiger partial charge in [-0.3, -0.25) is 0 Å². The Morgan fingerprint density at radius 2 is 0.119 bits per heavy atom. The SMILES string of the molecule is c1cc2c3ccc4c5c3c2c2c1c1ccc3c6ccc7c(c6c3c12)c1c7c2c3ccc6c7c8c9ccc%10c%11ccc%12c%13ccc%14c%15ccc%16c%17c%15c%14c%13c%12c%11c%10c9c8c8c9c%17c%16c%10c%11ccc%12c%13c4c5c4c1c1c2c3c6c7c8c9c%10c%11c%12c%13c41. The van der Waals surface area contributed by atoms with E-state index in [0.717, 1.165) is 0 Å². The summed E-state index contributed by atoms with van der Waals surface area (Å²) in [5.41, 5.74) is 0. The van der Waals surface area contributed by atoms with Crippen LogP contribution in [-0.4, -0.2) is 0 Å². The maximum absolute atomic E-state index is 2.58. The second-order valence-electron chi connectivity index (χ2n) is 28.1. The second-order valence-corrected chi connectivity index (χ2v) is 28.1. The van der Waals surface area contributed by atoms with Crippen LogP contribution in [0.4, 0.5) is 0 Å². The zero-order chi connectivity index (χ0) is 51.1. The second kappa shape index (κ2) is 9.01. The summed E-state index contributed by atoms with van der Waals surface area (Å²) in [7, 11) is 0. The molecule has 0 unspecified atom stereocenters. The highest BCUT2D eigenvalue weighted by atomic mass is 14.4. The Balaban J connectivity index is 0.894. The Bertz CT molecular complexity index is 7860. The van der Waals surface area contributed by atoms with Crippen molar-refractivity contribution < 1.29 is 0 Å². The van der Waals surface area contributed by atoms with Crippen LogP contribution < -0.4 is 0 Å². The maximum Gasteiger partial charge on any atom is -0.000000761 e. The van der Waals surface area contributed by atoms with Gasteiger partial charge in [0.1, 0.15) is 0 Å². The minimum Gasteiger partial charge on any atom is -0.0531 e. The molecule has 0 radical (unpaired) electrons. The molecular formula is C84H20. The summed E-state index contributed by atoms with van der Waals surface area (Å²) in [4.78, 5) is 0. The highest BCUT2D eigenvalue weighted by Gasteiger charge is 2.43. The summed E-state index contributed by atoms with van der Waals surface area (Å²) >= 11 is 0. The summed E-state index contributed by atoms with van der Waals surface area (Å²) in [6.07, 6.45) is 0. The van der Waals surface area contributed by atoms with Crippen LogP contribution in [0, 0.1) is 0 Å². The Hall–Kier alpha value is -10.9. The minimum atomic E-state index is 1.44. The van der Waals surface area contributed by atoms with Gasteiger partial charge in [0.2, 0.25) is 0 Å². The molecule has 0 saturated carbocycles. The van der Waals surface area contributed by atoms with Gasteiger partial charge in [-0.15, -0.1) is 0 Å². The molecule has 0 fully saturated rings. The van der Waals surface area contributed by atoms with Gasteiger partial charge in [0, 0.05) is 0 Å². The molecule has 0 heteroatoms. The maximum atomic E-state index is 2.58. The first-order valence-corrected chi connectivity index (χ1v) is 30.6. The van der Waals surface area contributed by atoms with Crippen molar-refractivity contribution in [3.63, 3.8) is 0 Å².